The minimum absolute atomic E-state index is 0.194. The normalized spacial score (nSPS) is 21.4. The molecule has 0 unspecified atom stereocenters. The van der Waals surface area contributed by atoms with Gasteiger partial charge in [0.2, 0.25) is 5.95 Å². The van der Waals surface area contributed by atoms with Crippen LogP contribution in [0.3, 0.4) is 0 Å². The fraction of sp³-hybridized carbons (Fsp3) is 0.455. The Labute approximate surface area is 183 Å². The average molecular weight is 438 g/mol. The zero-order valence-electron chi connectivity index (χ0n) is 18.0. The molecule has 1 aliphatic carbocycles. The molecule has 10 heteroatoms. The quantitative estimate of drug-likeness (QED) is 0.525. The van der Waals surface area contributed by atoms with Gasteiger partial charge in [0, 0.05) is 24.3 Å². The van der Waals surface area contributed by atoms with Gasteiger partial charge in [-0.2, -0.15) is 0 Å². The van der Waals surface area contributed by atoms with Crippen LogP contribution in [0.5, 0.6) is 0 Å². The summed E-state index contributed by atoms with van der Waals surface area (Å²) >= 11 is 0. The van der Waals surface area contributed by atoms with Gasteiger partial charge in [-0.3, -0.25) is 0 Å². The van der Waals surface area contributed by atoms with Gasteiger partial charge < -0.3 is 14.8 Å². The molecule has 1 atom stereocenters. The Bertz CT molecular complexity index is 1320. The van der Waals surface area contributed by atoms with Crippen molar-refractivity contribution in [2.75, 3.05) is 25.5 Å². The number of pyridine rings is 1. The van der Waals surface area contributed by atoms with Crippen molar-refractivity contribution >= 4 is 22.6 Å². The minimum Gasteiger partial charge on any atom is -0.344 e. The summed E-state index contributed by atoms with van der Waals surface area (Å²) in [6, 6.07) is 5.37. The molecular weight excluding hydrogens is 414 g/mol. The lowest BCUT2D eigenvalue weighted by atomic mass is 10.0. The van der Waals surface area contributed by atoms with Crippen molar-refractivity contribution in [1.82, 2.24) is 34.0 Å². The summed E-state index contributed by atoms with van der Waals surface area (Å²) < 4.78 is 32.7. The van der Waals surface area contributed by atoms with Gasteiger partial charge in [0.05, 0.1) is 30.0 Å². The fourth-order valence-corrected chi connectivity index (χ4v) is 4.63. The highest BCUT2D eigenvalue weighted by molar-refractivity contribution is 5.82. The monoisotopic (exact) mass is 438 g/mol. The number of imidazole rings is 1. The lowest BCUT2D eigenvalue weighted by Crippen LogP contribution is -2.53. The van der Waals surface area contributed by atoms with E-state index in [2.05, 4.69) is 25.0 Å². The van der Waals surface area contributed by atoms with E-state index >= 15 is 0 Å². The molecule has 4 aromatic rings. The molecule has 8 nitrogen and oxygen atoms in total. The number of alkyl halides is 2. The second-order valence-electron chi connectivity index (χ2n) is 8.92. The molecule has 0 bridgehead atoms. The zero-order chi connectivity index (χ0) is 22.0. The van der Waals surface area contributed by atoms with Gasteiger partial charge >= 0.3 is 0 Å². The van der Waals surface area contributed by atoms with Crippen LogP contribution in [0.2, 0.25) is 0 Å². The van der Waals surface area contributed by atoms with Crippen molar-refractivity contribution in [2.45, 2.75) is 44.2 Å². The van der Waals surface area contributed by atoms with Gasteiger partial charge in [-0.15, -0.1) is 5.10 Å². The van der Waals surface area contributed by atoms with Gasteiger partial charge in [0.25, 0.3) is 5.92 Å². The number of fused-ring (bicyclic) bond motifs is 2. The van der Waals surface area contributed by atoms with E-state index in [9.17, 15) is 8.78 Å². The lowest BCUT2D eigenvalue weighted by molar-refractivity contribution is -0.0675. The molecule has 2 fully saturated rings. The van der Waals surface area contributed by atoms with Crippen LogP contribution in [-0.2, 0) is 0 Å². The van der Waals surface area contributed by atoms with Gasteiger partial charge in [-0.05, 0) is 51.4 Å². The van der Waals surface area contributed by atoms with E-state index in [-0.39, 0.29) is 12.5 Å². The number of nitrogens with zero attached hydrogens (tertiary/aromatic N) is 7. The molecule has 4 aromatic heterocycles. The first-order valence-corrected chi connectivity index (χ1v) is 10.9. The molecule has 2 aliphatic rings. The molecule has 1 aliphatic heterocycles. The summed E-state index contributed by atoms with van der Waals surface area (Å²) in [5, 5.41) is 7.26. The van der Waals surface area contributed by atoms with Gasteiger partial charge in [-0.25, -0.2) is 28.2 Å². The molecule has 1 saturated heterocycles. The standard InChI is InChI=1S/C22H24F2N8/c1-13-26-17-6-5-16(27-20(17)32(13)14-3-4-14)15-7-10-31-18(15)11-25-21(29-31)28-19-8-9-30(2)12-22(19,23)24/h5-7,10-11,14,19H,3-4,8-9,12H2,1-2H3,(H,28,29)/t19-/m1/s1. The molecule has 0 radical (unpaired) electrons. The first kappa shape index (κ1) is 19.5. The molecular formula is C22H24F2N8. The molecule has 5 heterocycles. The molecule has 166 valence electrons. The highest BCUT2D eigenvalue weighted by Crippen LogP contribution is 2.38. The number of likely N-dealkylation sites (tertiary alicyclic amines) is 1. The number of anilines is 1. The first-order valence-electron chi connectivity index (χ1n) is 10.9. The second-order valence-corrected chi connectivity index (χ2v) is 8.92. The molecule has 1 N–H and O–H groups in total. The SMILES string of the molecule is Cc1nc2ccc(-c3ccn4nc(N[C@@H]5CCN(C)CC5(F)F)ncc34)nc2n1C1CC1. The Hall–Kier alpha value is -3.14. The topological polar surface area (TPSA) is 76.2 Å². The maximum Gasteiger partial charge on any atom is 0.280 e. The van der Waals surface area contributed by atoms with Crippen LogP contribution in [0.1, 0.15) is 31.1 Å². The van der Waals surface area contributed by atoms with Crippen molar-refractivity contribution in [3.63, 3.8) is 0 Å². The lowest BCUT2D eigenvalue weighted by Gasteiger charge is -2.36. The fourth-order valence-electron chi connectivity index (χ4n) is 4.63. The molecule has 32 heavy (non-hydrogen) atoms. The Morgan fingerprint density at radius 2 is 1.97 bits per heavy atom. The predicted molar refractivity (Wildman–Crippen MR) is 117 cm³/mol. The van der Waals surface area contributed by atoms with Crippen LogP contribution >= 0.6 is 0 Å². The van der Waals surface area contributed by atoms with E-state index in [4.69, 9.17) is 4.98 Å². The van der Waals surface area contributed by atoms with Gasteiger partial charge in [-0.1, -0.05) is 0 Å². The van der Waals surface area contributed by atoms with E-state index in [1.165, 1.54) is 0 Å². The van der Waals surface area contributed by atoms with Crippen LogP contribution < -0.4 is 5.32 Å². The Kier molecular flexibility index (Phi) is 4.23. The maximum absolute atomic E-state index is 14.4. The molecule has 0 spiro atoms. The van der Waals surface area contributed by atoms with Crippen molar-refractivity contribution in [2.24, 2.45) is 0 Å². The predicted octanol–water partition coefficient (Wildman–Crippen LogP) is 3.54. The number of hydrogen-bond acceptors (Lipinski definition) is 6. The Morgan fingerprint density at radius 3 is 2.75 bits per heavy atom. The van der Waals surface area contributed by atoms with Gasteiger partial charge in [0.1, 0.15) is 11.3 Å². The van der Waals surface area contributed by atoms with Gasteiger partial charge in [0.15, 0.2) is 5.65 Å². The van der Waals surface area contributed by atoms with Crippen LogP contribution in [-0.4, -0.2) is 66.1 Å². The van der Waals surface area contributed by atoms with Crippen LogP contribution in [0.15, 0.2) is 30.6 Å². The summed E-state index contributed by atoms with van der Waals surface area (Å²) in [5.41, 5.74) is 4.26. The molecule has 0 aromatic carbocycles. The molecule has 6 rings (SSSR count). The van der Waals surface area contributed by atoms with Crippen LogP contribution in [0.4, 0.5) is 14.7 Å². The van der Waals surface area contributed by atoms with Crippen molar-refractivity contribution in [3.05, 3.63) is 36.4 Å². The van der Waals surface area contributed by atoms with E-state index in [1.54, 1.807) is 28.9 Å². The highest BCUT2D eigenvalue weighted by atomic mass is 19.3. The number of rotatable bonds is 4. The van der Waals surface area contributed by atoms with Crippen molar-refractivity contribution in [1.29, 1.82) is 0 Å². The van der Waals surface area contributed by atoms with Crippen molar-refractivity contribution in [3.8, 4) is 11.3 Å². The maximum atomic E-state index is 14.4. The van der Waals surface area contributed by atoms with Crippen LogP contribution in [0, 0.1) is 6.92 Å². The number of aromatic nitrogens is 6. The van der Waals surface area contributed by atoms with E-state index in [0.29, 0.717) is 19.0 Å². The Morgan fingerprint density at radius 1 is 1.12 bits per heavy atom. The Balaban J connectivity index is 1.33. The number of halogens is 2. The summed E-state index contributed by atoms with van der Waals surface area (Å²) in [4.78, 5) is 15.5. The second kappa shape index (κ2) is 6.93. The van der Waals surface area contributed by atoms with E-state index in [0.717, 1.165) is 46.6 Å². The summed E-state index contributed by atoms with van der Waals surface area (Å²) in [6.45, 7) is 2.35. The first-order chi connectivity index (χ1) is 15.4. The largest absolute Gasteiger partial charge is 0.344 e. The van der Waals surface area contributed by atoms with E-state index in [1.807, 2.05) is 25.1 Å². The molecule has 0 amide bonds. The summed E-state index contributed by atoms with van der Waals surface area (Å²) in [7, 11) is 1.71. The number of piperidine rings is 1. The average Bonchev–Trinajstić information content (AvgIpc) is 3.40. The summed E-state index contributed by atoms with van der Waals surface area (Å²) in [5.74, 6) is -1.66. The van der Waals surface area contributed by atoms with Crippen molar-refractivity contribution < 1.29 is 8.78 Å². The third kappa shape index (κ3) is 3.21. The zero-order valence-corrected chi connectivity index (χ0v) is 18.0. The van der Waals surface area contributed by atoms with Crippen LogP contribution in [0.25, 0.3) is 27.9 Å². The number of aryl methyl sites for hydroxylation is 1. The highest BCUT2D eigenvalue weighted by Gasteiger charge is 2.44. The number of hydrogen-bond donors (Lipinski definition) is 1. The summed E-state index contributed by atoms with van der Waals surface area (Å²) in [6.07, 6.45) is 6.12. The van der Waals surface area contributed by atoms with E-state index < -0.39 is 12.0 Å². The third-order valence-electron chi connectivity index (χ3n) is 6.41. The third-order valence-corrected chi connectivity index (χ3v) is 6.41. The smallest absolute Gasteiger partial charge is 0.280 e. The number of nitrogens with one attached hydrogen (secondary N) is 1. The minimum atomic E-state index is -2.84. The molecule has 1 saturated carbocycles.